The van der Waals surface area contributed by atoms with Crippen molar-refractivity contribution in [3.63, 3.8) is 0 Å². The van der Waals surface area contributed by atoms with Gasteiger partial charge in [0.05, 0.1) is 17.1 Å². The van der Waals surface area contributed by atoms with Crippen molar-refractivity contribution in [2.24, 2.45) is 0 Å². The molecule has 0 aromatic heterocycles. The number of anilines is 1. The second-order valence-corrected chi connectivity index (χ2v) is 9.93. The van der Waals surface area contributed by atoms with E-state index in [4.69, 9.17) is 4.74 Å². The Bertz CT molecular complexity index is 1280. The van der Waals surface area contributed by atoms with Gasteiger partial charge in [0, 0.05) is 5.56 Å². The van der Waals surface area contributed by atoms with E-state index < -0.39 is 10.0 Å². The van der Waals surface area contributed by atoms with Crippen molar-refractivity contribution in [2.75, 3.05) is 17.9 Å². The summed E-state index contributed by atoms with van der Waals surface area (Å²) in [7, 11) is -3.86. The molecule has 0 saturated heterocycles. The molecular weight excluding hydrogens is 436 g/mol. The minimum absolute atomic E-state index is 0.0710. The van der Waals surface area contributed by atoms with Crippen LogP contribution in [-0.4, -0.2) is 27.5 Å². The van der Waals surface area contributed by atoms with Crippen molar-refractivity contribution in [1.82, 2.24) is 5.32 Å². The topological polar surface area (TPSA) is 84.5 Å². The van der Waals surface area contributed by atoms with Crippen LogP contribution >= 0.6 is 0 Å². The molecule has 3 aromatic carbocycles. The zero-order chi connectivity index (χ0) is 24.2. The van der Waals surface area contributed by atoms with Crippen molar-refractivity contribution in [1.29, 1.82) is 0 Å². The van der Waals surface area contributed by atoms with Crippen LogP contribution in [0, 0.1) is 34.6 Å². The Morgan fingerprint density at radius 2 is 1.48 bits per heavy atom. The Labute approximate surface area is 196 Å². The molecule has 0 fully saturated rings. The van der Waals surface area contributed by atoms with Gasteiger partial charge in [-0.1, -0.05) is 41.5 Å². The fraction of sp³-hybridized carbons (Fsp3) is 0.269. The molecule has 0 aliphatic rings. The van der Waals surface area contributed by atoms with E-state index in [0.29, 0.717) is 24.4 Å². The highest BCUT2D eigenvalue weighted by Gasteiger charge is 2.20. The average Bonchev–Trinajstić information content (AvgIpc) is 2.74. The van der Waals surface area contributed by atoms with Gasteiger partial charge in [0.1, 0.15) is 12.4 Å². The Hall–Kier alpha value is -3.32. The first kappa shape index (κ1) is 24.3. The van der Waals surface area contributed by atoms with E-state index in [1.165, 1.54) is 6.07 Å². The van der Waals surface area contributed by atoms with Crippen LogP contribution in [0.15, 0.2) is 59.5 Å². The highest BCUT2D eigenvalue weighted by Crippen LogP contribution is 2.24. The van der Waals surface area contributed by atoms with Crippen LogP contribution in [-0.2, 0) is 10.0 Å². The molecule has 0 saturated carbocycles. The SMILES string of the molecule is Cc1ccc(NS(=O)(=O)c2cc(C(=O)NCCOc3ccc(C)cc3C)ccc2C)c(C)c1. The van der Waals surface area contributed by atoms with Gasteiger partial charge in [0.25, 0.3) is 15.9 Å². The van der Waals surface area contributed by atoms with E-state index in [9.17, 15) is 13.2 Å². The van der Waals surface area contributed by atoms with Crippen molar-refractivity contribution >= 4 is 21.6 Å². The molecule has 0 heterocycles. The second kappa shape index (κ2) is 10.1. The normalized spacial score (nSPS) is 11.2. The number of ether oxygens (including phenoxy) is 1. The predicted molar refractivity (Wildman–Crippen MR) is 132 cm³/mol. The number of hydrogen-bond donors (Lipinski definition) is 2. The van der Waals surface area contributed by atoms with Gasteiger partial charge in [-0.05, 0) is 75.6 Å². The molecular formula is C26H30N2O4S. The first-order valence-corrected chi connectivity index (χ1v) is 12.2. The second-order valence-electron chi connectivity index (χ2n) is 8.28. The van der Waals surface area contributed by atoms with Crippen LogP contribution in [0.4, 0.5) is 5.69 Å². The molecule has 33 heavy (non-hydrogen) atoms. The van der Waals surface area contributed by atoms with Crippen LogP contribution in [0.2, 0.25) is 0 Å². The summed E-state index contributed by atoms with van der Waals surface area (Å²) >= 11 is 0. The maximum Gasteiger partial charge on any atom is 0.262 e. The smallest absolute Gasteiger partial charge is 0.262 e. The number of hydrogen-bond acceptors (Lipinski definition) is 4. The zero-order valence-corrected chi connectivity index (χ0v) is 20.5. The number of carbonyl (C=O) groups is 1. The van der Waals surface area contributed by atoms with Gasteiger partial charge < -0.3 is 10.1 Å². The monoisotopic (exact) mass is 466 g/mol. The molecule has 0 bridgehead atoms. The molecule has 3 rings (SSSR count). The number of aryl methyl sites for hydroxylation is 5. The summed E-state index contributed by atoms with van der Waals surface area (Å²) in [5.41, 5.74) is 5.41. The third kappa shape index (κ3) is 6.14. The number of benzene rings is 3. The van der Waals surface area contributed by atoms with Gasteiger partial charge >= 0.3 is 0 Å². The van der Waals surface area contributed by atoms with E-state index in [2.05, 4.69) is 10.0 Å². The molecule has 0 spiro atoms. The highest BCUT2D eigenvalue weighted by atomic mass is 32.2. The molecule has 0 atom stereocenters. The number of amides is 1. The van der Waals surface area contributed by atoms with Gasteiger partial charge in [0.15, 0.2) is 0 Å². The molecule has 0 aliphatic heterocycles. The van der Waals surface area contributed by atoms with Crippen LogP contribution < -0.4 is 14.8 Å². The Morgan fingerprint density at radius 3 is 2.15 bits per heavy atom. The van der Waals surface area contributed by atoms with Gasteiger partial charge in [-0.15, -0.1) is 0 Å². The third-order valence-corrected chi connectivity index (χ3v) is 6.85. The third-order valence-electron chi connectivity index (χ3n) is 5.34. The molecule has 2 N–H and O–H groups in total. The number of rotatable bonds is 8. The first-order valence-electron chi connectivity index (χ1n) is 10.8. The van der Waals surface area contributed by atoms with Gasteiger partial charge in [0.2, 0.25) is 0 Å². The number of nitrogens with one attached hydrogen (secondary N) is 2. The van der Waals surface area contributed by atoms with Gasteiger partial charge in [-0.2, -0.15) is 0 Å². The van der Waals surface area contributed by atoms with Crippen molar-refractivity contribution in [2.45, 2.75) is 39.5 Å². The van der Waals surface area contributed by atoms with Gasteiger partial charge in [-0.25, -0.2) is 8.42 Å². The summed E-state index contributed by atoms with van der Waals surface area (Å²) in [4.78, 5) is 12.7. The largest absolute Gasteiger partial charge is 0.491 e. The van der Waals surface area contributed by atoms with Crippen molar-refractivity contribution in [3.05, 3.63) is 88.0 Å². The summed E-state index contributed by atoms with van der Waals surface area (Å²) in [5.74, 6) is 0.415. The highest BCUT2D eigenvalue weighted by molar-refractivity contribution is 7.92. The van der Waals surface area contributed by atoms with Crippen LogP contribution in [0.25, 0.3) is 0 Å². The molecule has 3 aromatic rings. The molecule has 7 heteroatoms. The lowest BCUT2D eigenvalue weighted by Gasteiger charge is -2.14. The molecule has 6 nitrogen and oxygen atoms in total. The molecule has 1 amide bonds. The summed E-state index contributed by atoms with van der Waals surface area (Å²) in [5, 5.41) is 2.78. The summed E-state index contributed by atoms with van der Waals surface area (Å²) in [6.07, 6.45) is 0. The lowest BCUT2D eigenvalue weighted by atomic mass is 10.1. The Morgan fingerprint density at radius 1 is 0.818 bits per heavy atom. The number of sulfonamides is 1. The van der Waals surface area contributed by atoms with Crippen molar-refractivity contribution in [3.8, 4) is 5.75 Å². The van der Waals surface area contributed by atoms with E-state index in [0.717, 1.165) is 28.0 Å². The van der Waals surface area contributed by atoms with Crippen molar-refractivity contribution < 1.29 is 17.9 Å². The predicted octanol–water partition coefficient (Wildman–Crippen LogP) is 4.84. The summed E-state index contributed by atoms with van der Waals surface area (Å²) < 4.78 is 34.5. The standard InChI is InChI=1S/C26H30N2O4S/c1-17-6-10-23(20(4)14-17)28-33(30,31)25-16-22(9-8-19(25)3)26(29)27-12-13-32-24-11-7-18(2)15-21(24)5/h6-11,14-16,28H,12-13H2,1-5H3,(H,27,29). The van der Waals surface area contributed by atoms with E-state index in [1.54, 1.807) is 25.1 Å². The van der Waals surface area contributed by atoms with Crippen LogP contribution in [0.3, 0.4) is 0 Å². The number of carbonyl (C=O) groups excluding carboxylic acids is 1. The fourth-order valence-corrected chi connectivity index (χ4v) is 4.95. The maximum absolute atomic E-state index is 13.0. The molecule has 0 aliphatic carbocycles. The zero-order valence-electron chi connectivity index (χ0n) is 19.7. The van der Waals surface area contributed by atoms with E-state index >= 15 is 0 Å². The molecule has 0 radical (unpaired) electrons. The fourth-order valence-electron chi connectivity index (χ4n) is 3.55. The van der Waals surface area contributed by atoms with E-state index in [1.807, 2.05) is 58.0 Å². The Kier molecular flexibility index (Phi) is 7.43. The lowest BCUT2D eigenvalue weighted by molar-refractivity contribution is 0.0946. The molecule has 174 valence electrons. The average molecular weight is 467 g/mol. The van der Waals surface area contributed by atoms with Crippen LogP contribution in [0.5, 0.6) is 5.75 Å². The molecule has 0 unspecified atom stereocenters. The minimum atomic E-state index is -3.86. The summed E-state index contributed by atoms with van der Waals surface area (Å²) in [6.45, 7) is 10.1. The van der Waals surface area contributed by atoms with Crippen LogP contribution in [0.1, 0.15) is 38.2 Å². The Balaban J connectivity index is 1.67. The maximum atomic E-state index is 13.0. The van der Waals surface area contributed by atoms with E-state index in [-0.39, 0.29) is 16.4 Å². The van der Waals surface area contributed by atoms with Gasteiger partial charge in [-0.3, -0.25) is 9.52 Å². The first-order chi connectivity index (χ1) is 15.6. The quantitative estimate of drug-likeness (QED) is 0.465. The summed E-state index contributed by atoms with van der Waals surface area (Å²) in [6, 6.07) is 16.1. The lowest BCUT2D eigenvalue weighted by Crippen LogP contribution is -2.28. The minimum Gasteiger partial charge on any atom is -0.491 e.